The van der Waals surface area contributed by atoms with E-state index in [1.54, 1.807) is 13.0 Å². The normalized spacial score (nSPS) is 25.0. The van der Waals surface area contributed by atoms with E-state index in [0.29, 0.717) is 11.4 Å². The molecule has 1 aromatic rings. The Labute approximate surface area is 123 Å². The smallest absolute Gasteiger partial charge is 0.265 e. The second-order valence-electron chi connectivity index (χ2n) is 5.44. The SMILES string of the molecule is C[C@H]1Oc2ccc(N[C@@H]3CCCCNC3=O)cc2NC1=O. The predicted octanol–water partition coefficient (Wildman–Crippen LogP) is 1.49. The molecule has 3 rings (SSSR count). The van der Waals surface area contributed by atoms with E-state index in [1.807, 2.05) is 12.1 Å². The van der Waals surface area contributed by atoms with Crippen LogP contribution in [0.15, 0.2) is 18.2 Å². The van der Waals surface area contributed by atoms with E-state index in [1.165, 1.54) is 0 Å². The summed E-state index contributed by atoms with van der Waals surface area (Å²) in [6, 6.07) is 5.24. The molecule has 1 aromatic carbocycles. The number of nitrogens with one attached hydrogen (secondary N) is 3. The van der Waals surface area contributed by atoms with Gasteiger partial charge >= 0.3 is 0 Å². The van der Waals surface area contributed by atoms with Crippen LogP contribution in [0.5, 0.6) is 5.75 Å². The van der Waals surface area contributed by atoms with Crippen molar-refractivity contribution in [2.45, 2.75) is 38.3 Å². The highest BCUT2D eigenvalue weighted by molar-refractivity contribution is 5.98. The van der Waals surface area contributed by atoms with E-state index in [2.05, 4.69) is 16.0 Å². The van der Waals surface area contributed by atoms with Gasteiger partial charge in [0.25, 0.3) is 5.91 Å². The summed E-state index contributed by atoms with van der Waals surface area (Å²) in [4.78, 5) is 23.6. The maximum absolute atomic E-state index is 11.9. The van der Waals surface area contributed by atoms with Gasteiger partial charge in [0.15, 0.2) is 6.10 Å². The van der Waals surface area contributed by atoms with Crippen molar-refractivity contribution >= 4 is 23.2 Å². The molecule has 2 aliphatic heterocycles. The van der Waals surface area contributed by atoms with E-state index in [4.69, 9.17) is 4.74 Å². The van der Waals surface area contributed by atoms with Gasteiger partial charge in [0, 0.05) is 12.2 Å². The number of carbonyl (C=O) groups is 2. The van der Waals surface area contributed by atoms with Gasteiger partial charge in [-0.05, 0) is 44.4 Å². The summed E-state index contributed by atoms with van der Waals surface area (Å²) >= 11 is 0. The molecule has 0 saturated carbocycles. The van der Waals surface area contributed by atoms with Gasteiger partial charge in [0.1, 0.15) is 11.8 Å². The quantitative estimate of drug-likeness (QED) is 0.770. The Hall–Kier alpha value is -2.24. The maximum Gasteiger partial charge on any atom is 0.265 e. The van der Waals surface area contributed by atoms with E-state index >= 15 is 0 Å². The van der Waals surface area contributed by atoms with Gasteiger partial charge < -0.3 is 20.7 Å². The highest BCUT2D eigenvalue weighted by Crippen LogP contribution is 2.32. The van der Waals surface area contributed by atoms with E-state index < -0.39 is 6.10 Å². The Morgan fingerprint density at radius 1 is 1.24 bits per heavy atom. The molecule has 6 heteroatoms. The Balaban J connectivity index is 1.76. The number of rotatable bonds is 2. The first-order valence-corrected chi connectivity index (χ1v) is 7.29. The molecule has 2 atom stereocenters. The Kier molecular flexibility index (Phi) is 3.68. The lowest BCUT2D eigenvalue weighted by Gasteiger charge is -2.24. The van der Waals surface area contributed by atoms with Crippen LogP contribution >= 0.6 is 0 Å². The van der Waals surface area contributed by atoms with Gasteiger partial charge in [-0.15, -0.1) is 0 Å². The maximum atomic E-state index is 11.9. The molecule has 0 aliphatic carbocycles. The highest BCUT2D eigenvalue weighted by atomic mass is 16.5. The van der Waals surface area contributed by atoms with Gasteiger partial charge in [-0.3, -0.25) is 9.59 Å². The molecule has 3 N–H and O–H groups in total. The minimum Gasteiger partial charge on any atom is -0.479 e. The molecule has 0 bridgehead atoms. The number of benzene rings is 1. The van der Waals surface area contributed by atoms with Crippen molar-refractivity contribution in [1.29, 1.82) is 0 Å². The Morgan fingerprint density at radius 2 is 2.10 bits per heavy atom. The van der Waals surface area contributed by atoms with Crippen LogP contribution in [0.1, 0.15) is 26.2 Å². The monoisotopic (exact) mass is 289 g/mol. The predicted molar refractivity (Wildman–Crippen MR) is 79.4 cm³/mol. The fourth-order valence-corrected chi connectivity index (χ4v) is 2.58. The number of fused-ring (bicyclic) bond motifs is 1. The number of hydrogen-bond donors (Lipinski definition) is 3. The lowest BCUT2D eigenvalue weighted by Crippen LogP contribution is -2.38. The summed E-state index contributed by atoms with van der Waals surface area (Å²) < 4.78 is 5.51. The molecular formula is C15H19N3O3. The molecule has 0 aromatic heterocycles. The zero-order valence-electron chi connectivity index (χ0n) is 11.9. The van der Waals surface area contributed by atoms with Crippen molar-refractivity contribution in [1.82, 2.24) is 5.32 Å². The molecule has 1 saturated heterocycles. The van der Waals surface area contributed by atoms with Crippen LogP contribution in [0, 0.1) is 0 Å². The van der Waals surface area contributed by atoms with E-state index in [9.17, 15) is 9.59 Å². The zero-order valence-corrected chi connectivity index (χ0v) is 11.9. The largest absolute Gasteiger partial charge is 0.479 e. The summed E-state index contributed by atoms with van der Waals surface area (Å²) in [6.07, 6.45) is 2.35. The number of carbonyl (C=O) groups excluding carboxylic acids is 2. The van der Waals surface area contributed by atoms with Crippen molar-refractivity contribution in [3.05, 3.63) is 18.2 Å². The molecule has 0 unspecified atom stereocenters. The second kappa shape index (κ2) is 5.63. The van der Waals surface area contributed by atoms with Crippen LogP contribution in [-0.4, -0.2) is 30.5 Å². The van der Waals surface area contributed by atoms with Crippen LogP contribution in [-0.2, 0) is 9.59 Å². The third kappa shape index (κ3) is 2.94. The summed E-state index contributed by atoms with van der Waals surface area (Å²) in [5.74, 6) is 0.518. The first-order chi connectivity index (χ1) is 10.1. The van der Waals surface area contributed by atoms with Crippen LogP contribution in [0.3, 0.4) is 0 Å². The summed E-state index contributed by atoms with van der Waals surface area (Å²) in [5.41, 5.74) is 1.44. The van der Waals surface area contributed by atoms with Crippen molar-refractivity contribution in [3.63, 3.8) is 0 Å². The van der Waals surface area contributed by atoms with Crippen LogP contribution < -0.4 is 20.7 Å². The fourth-order valence-electron chi connectivity index (χ4n) is 2.58. The number of anilines is 2. The Morgan fingerprint density at radius 3 is 2.95 bits per heavy atom. The van der Waals surface area contributed by atoms with E-state index in [-0.39, 0.29) is 17.9 Å². The third-order valence-corrected chi connectivity index (χ3v) is 3.79. The minimum atomic E-state index is -0.482. The number of amides is 2. The molecule has 112 valence electrons. The summed E-state index contributed by atoms with van der Waals surface area (Å²) in [7, 11) is 0. The van der Waals surface area contributed by atoms with Crippen molar-refractivity contribution < 1.29 is 14.3 Å². The van der Waals surface area contributed by atoms with Gasteiger partial charge in [-0.1, -0.05) is 0 Å². The van der Waals surface area contributed by atoms with Crippen LogP contribution in [0.2, 0.25) is 0 Å². The fraction of sp³-hybridized carbons (Fsp3) is 0.467. The van der Waals surface area contributed by atoms with Crippen LogP contribution in [0.25, 0.3) is 0 Å². The van der Waals surface area contributed by atoms with Gasteiger partial charge in [-0.25, -0.2) is 0 Å². The van der Waals surface area contributed by atoms with Crippen molar-refractivity contribution in [2.75, 3.05) is 17.2 Å². The molecule has 2 amide bonds. The lowest BCUT2D eigenvalue weighted by atomic mass is 10.1. The van der Waals surface area contributed by atoms with Crippen molar-refractivity contribution in [3.8, 4) is 5.75 Å². The molecule has 0 spiro atoms. The van der Waals surface area contributed by atoms with Gasteiger partial charge in [0.2, 0.25) is 5.91 Å². The molecule has 2 heterocycles. The lowest BCUT2D eigenvalue weighted by molar-refractivity contribution is -0.123. The zero-order chi connectivity index (χ0) is 14.8. The van der Waals surface area contributed by atoms with Crippen LogP contribution in [0.4, 0.5) is 11.4 Å². The van der Waals surface area contributed by atoms with E-state index in [0.717, 1.165) is 31.5 Å². The van der Waals surface area contributed by atoms with Crippen molar-refractivity contribution in [2.24, 2.45) is 0 Å². The topological polar surface area (TPSA) is 79.5 Å². The second-order valence-corrected chi connectivity index (χ2v) is 5.44. The van der Waals surface area contributed by atoms with Gasteiger partial charge in [-0.2, -0.15) is 0 Å². The minimum absolute atomic E-state index is 0.0270. The highest BCUT2D eigenvalue weighted by Gasteiger charge is 2.25. The standard InChI is InChI=1S/C15H19N3O3/c1-9-14(19)18-12-8-10(5-6-13(12)21-9)17-11-4-2-3-7-16-15(11)20/h5-6,8-9,11,17H,2-4,7H2,1H3,(H,16,20)(H,18,19)/t9-,11-/m1/s1. The summed E-state index contributed by atoms with van der Waals surface area (Å²) in [5, 5.41) is 8.93. The molecule has 2 aliphatic rings. The first-order valence-electron chi connectivity index (χ1n) is 7.29. The first kappa shape index (κ1) is 13.7. The number of hydrogen-bond acceptors (Lipinski definition) is 4. The molecule has 0 radical (unpaired) electrons. The molecule has 6 nitrogen and oxygen atoms in total. The molecule has 21 heavy (non-hydrogen) atoms. The number of ether oxygens (including phenoxy) is 1. The molecular weight excluding hydrogens is 270 g/mol. The Bertz CT molecular complexity index is 573. The molecule has 1 fully saturated rings. The summed E-state index contributed by atoms with van der Waals surface area (Å²) in [6.45, 7) is 2.45. The average molecular weight is 289 g/mol. The third-order valence-electron chi connectivity index (χ3n) is 3.79. The average Bonchev–Trinajstić information content (AvgIpc) is 2.66. The van der Waals surface area contributed by atoms with Gasteiger partial charge in [0.05, 0.1) is 5.69 Å².